The molecule has 0 saturated carbocycles. The number of aryl methyl sites for hydroxylation is 1. The molecule has 6 heteroatoms. The van der Waals surface area contributed by atoms with E-state index in [0.717, 1.165) is 20.8 Å². The van der Waals surface area contributed by atoms with E-state index in [1.807, 2.05) is 18.3 Å². The number of halogens is 1. The van der Waals surface area contributed by atoms with Crippen molar-refractivity contribution in [1.82, 2.24) is 10.3 Å². The fraction of sp³-hybridized carbons (Fsp3) is 0.231. The molecule has 0 unspecified atom stereocenters. The van der Waals surface area contributed by atoms with Crippen LogP contribution in [0.1, 0.15) is 27.2 Å². The average molecular weight is 357 g/mol. The Bertz CT molecular complexity index is 598. The standard InChI is InChI=1S/C13H13BrN2OS2/c1-2-9-6-15-12(19-9)7-16-13(17)10-5-8(18)3-4-11(10)14/h3-6,18H,2,7H2,1H3,(H,16,17). The molecule has 0 aliphatic heterocycles. The van der Waals surface area contributed by atoms with E-state index >= 15 is 0 Å². The van der Waals surface area contributed by atoms with Crippen molar-refractivity contribution in [2.75, 3.05) is 0 Å². The van der Waals surface area contributed by atoms with Gasteiger partial charge in [-0.3, -0.25) is 4.79 Å². The molecule has 2 aromatic rings. The first kappa shape index (κ1) is 14.6. The first-order valence-corrected chi connectivity index (χ1v) is 7.86. The fourth-order valence-electron chi connectivity index (χ4n) is 1.53. The number of carbonyl (C=O) groups is 1. The number of rotatable bonds is 4. The van der Waals surface area contributed by atoms with E-state index in [-0.39, 0.29) is 5.91 Å². The number of carbonyl (C=O) groups excluding carboxylic acids is 1. The Labute approximate surface area is 130 Å². The van der Waals surface area contributed by atoms with E-state index in [4.69, 9.17) is 0 Å². The zero-order valence-electron chi connectivity index (χ0n) is 10.3. The SMILES string of the molecule is CCc1cnc(CNC(=O)c2cc(S)ccc2Br)s1. The van der Waals surface area contributed by atoms with Crippen molar-refractivity contribution in [1.29, 1.82) is 0 Å². The molecule has 0 aliphatic carbocycles. The molecule has 0 spiro atoms. The molecule has 2 rings (SSSR count). The summed E-state index contributed by atoms with van der Waals surface area (Å²) in [7, 11) is 0. The highest BCUT2D eigenvalue weighted by Crippen LogP contribution is 2.20. The van der Waals surface area contributed by atoms with Gasteiger partial charge in [0.15, 0.2) is 0 Å². The normalized spacial score (nSPS) is 10.5. The first-order valence-electron chi connectivity index (χ1n) is 5.80. The fourth-order valence-corrected chi connectivity index (χ4v) is 2.96. The number of nitrogens with zero attached hydrogens (tertiary/aromatic N) is 1. The molecule has 19 heavy (non-hydrogen) atoms. The van der Waals surface area contributed by atoms with Crippen LogP contribution < -0.4 is 5.32 Å². The molecule has 0 bridgehead atoms. The Hall–Kier alpha value is -0.850. The van der Waals surface area contributed by atoms with Crippen LogP contribution in [0.25, 0.3) is 0 Å². The molecule has 1 aromatic heterocycles. The van der Waals surface area contributed by atoms with Gasteiger partial charge < -0.3 is 5.32 Å². The van der Waals surface area contributed by atoms with Crippen molar-refractivity contribution >= 4 is 45.8 Å². The van der Waals surface area contributed by atoms with E-state index < -0.39 is 0 Å². The Morgan fingerprint density at radius 3 is 3.00 bits per heavy atom. The van der Waals surface area contributed by atoms with Crippen molar-refractivity contribution in [3.8, 4) is 0 Å². The van der Waals surface area contributed by atoms with Crippen molar-refractivity contribution < 1.29 is 4.79 Å². The third kappa shape index (κ3) is 3.81. The molecule has 0 saturated heterocycles. The maximum atomic E-state index is 12.1. The molecule has 0 aliphatic rings. The Morgan fingerprint density at radius 1 is 1.53 bits per heavy atom. The summed E-state index contributed by atoms with van der Waals surface area (Å²) in [5, 5.41) is 3.79. The summed E-state index contributed by atoms with van der Waals surface area (Å²) in [5.41, 5.74) is 0.583. The summed E-state index contributed by atoms with van der Waals surface area (Å²) >= 11 is 9.23. The van der Waals surface area contributed by atoms with Gasteiger partial charge in [-0.25, -0.2) is 4.98 Å². The predicted octanol–water partition coefficient (Wildman–Crippen LogP) is 3.69. The minimum absolute atomic E-state index is 0.129. The zero-order valence-corrected chi connectivity index (χ0v) is 13.6. The topological polar surface area (TPSA) is 42.0 Å². The maximum Gasteiger partial charge on any atom is 0.252 e. The van der Waals surface area contributed by atoms with Gasteiger partial charge in [0.1, 0.15) is 5.01 Å². The smallest absolute Gasteiger partial charge is 0.252 e. The van der Waals surface area contributed by atoms with Gasteiger partial charge in [-0.05, 0) is 40.5 Å². The largest absolute Gasteiger partial charge is 0.345 e. The molecule has 0 atom stereocenters. The molecule has 0 radical (unpaired) electrons. The summed E-state index contributed by atoms with van der Waals surface area (Å²) in [4.78, 5) is 18.3. The molecule has 1 amide bonds. The molecule has 0 fully saturated rings. The average Bonchev–Trinajstić information content (AvgIpc) is 2.87. The monoisotopic (exact) mass is 356 g/mol. The summed E-state index contributed by atoms with van der Waals surface area (Å²) in [6.45, 7) is 2.54. The minimum Gasteiger partial charge on any atom is -0.345 e. The van der Waals surface area contributed by atoms with Crippen LogP contribution in [0.15, 0.2) is 33.8 Å². The highest BCUT2D eigenvalue weighted by Gasteiger charge is 2.11. The van der Waals surface area contributed by atoms with E-state index in [0.29, 0.717) is 12.1 Å². The lowest BCUT2D eigenvalue weighted by Gasteiger charge is -2.06. The summed E-state index contributed by atoms with van der Waals surface area (Å²) in [6.07, 6.45) is 2.83. The summed E-state index contributed by atoms with van der Waals surface area (Å²) < 4.78 is 0.760. The summed E-state index contributed by atoms with van der Waals surface area (Å²) in [6, 6.07) is 5.38. The van der Waals surface area contributed by atoms with Crippen LogP contribution >= 0.6 is 39.9 Å². The Kier molecular flexibility index (Phi) is 5.01. The van der Waals surface area contributed by atoms with Crippen LogP contribution in [0.4, 0.5) is 0 Å². The Balaban J connectivity index is 2.03. The predicted molar refractivity (Wildman–Crippen MR) is 84.1 cm³/mol. The van der Waals surface area contributed by atoms with Gasteiger partial charge in [0.05, 0.1) is 12.1 Å². The number of hydrogen-bond donors (Lipinski definition) is 2. The lowest BCUT2D eigenvalue weighted by Crippen LogP contribution is -2.23. The lowest BCUT2D eigenvalue weighted by molar-refractivity contribution is 0.0950. The van der Waals surface area contributed by atoms with Crippen LogP contribution in [-0.2, 0) is 13.0 Å². The number of thiazole rings is 1. The molecule has 100 valence electrons. The third-order valence-corrected chi connectivity index (χ3v) is 4.66. The van der Waals surface area contributed by atoms with Gasteiger partial charge in [-0.15, -0.1) is 24.0 Å². The Morgan fingerprint density at radius 2 is 2.32 bits per heavy atom. The quantitative estimate of drug-likeness (QED) is 0.820. The maximum absolute atomic E-state index is 12.1. The molecular weight excluding hydrogens is 344 g/mol. The van der Waals surface area contributed by atoms with E-state index in [1.165, 1.54) is 4.88 Å². The van der Waals surface area contributed by atoms with Crippen molar-refractivity contribution in [2.45, 2.75) is 24.8 Å². The van der Waals surface area contributed by atoms with Gasteiger partial charge in [0.2, 0.25) is 0 Å². The number of nitrogens with one attached hydrogen (secondary N) is 1. The molecular formula is C13H13BrN2OS2. The van der Waals surface area contributed by atoms with Crippen LogP contribution in [0.5, 0.6) is 0 Å². The molecule has 1 N–H and O–H groups in total. The van der Waals surface area contributed by atoms with Gasteiger partial charge in [-0.2, -0.15) is 0 Å². The van der Waals surface area contributed by atoms with Crippen LogP contribution in [-0.4, -0.2) is 10.9 Å². The minimum atomic E-state index is -0.129. The number of thiol groups is 1. The zero-order chi connectivity index (χ0) is 13.8. The van der Waals surface area contributed by atoms with Crippen LogP contribution in [0.2, 0.25) is 0 Å². The van der Waals surface area contributed by atoms with Gasteiger partial charge in [0, 0.05) is 20.4 Å². The lowest BCUT2D eigenvalue weighted by atomic mass is 10.2. The third-order valence-electron chi connectivity index (χ3n) is 2.54. The van der Waals surface area contributed by atoms with E-state index in [1.54, 1.807) is 17.4 Å². The van der Waals surface area contributed by atoms with Gasteiger partial charge in [-0.1, -0.05) is 6.92 Å². The van der Waals surface area contributed by atoms with Crippen LogP contribution in [0, 0.1) is 0 Å². The van der Waals surface area contributed by atoms with Gasteiger partial charge in [0.25, 0.3) is 5.91 Å². The van der Waals surface area contributed by atoms with Crippen LogP contribution in [0.3, 0.4) is 0 Å². The number of amides is 1. The highest BCUT2D eigenvalue weighted by molar-refractivity contribution is 9.10. The second kappa shape index (κ2) is 6.54. The number of benzene rings is 1. The molecule has 3 nitrogen and oxygen atoms in total. The van der Waals surface area contributed by atoms with Crippen molar-refractivity contribution in [3.05, 3.63) is 44.3 Å². The van der Waals surface area contributed by atoms with E-state index in [2.05, 4.69) is 45.8 Å². The van der Waals surface area contributed by atoms with Gasteiger partial charge >= 0.3 is 0 Å². The molecule has 1 aromatic carbocycles. The highest BCUT2D eigenvalue weighted by atomic mass is 79.9. The first-order chi connectivity index (χ1) is 9.10. The number of hydrogen-bond acceptors (Lipinski definition) is 4. The van der Waals surface area contributed by atoms with E-state index in [9.17, 15) is 4.79 Å². The van der Waals surface area contributed by atoms with Crippen molar-refractivity contribution in [2.24, 2.45) is 0 Å². The molecule has 1 heterocycles. The second-order valence-electron chi connectivity index (χ2n) is 3.92. The number of aromatic nitrogens is 1. The summed E-state index contributed by atoms with van der Waals surface area (Å²) in [5.74, 6) is -0.129. The van der Waals surface area contributed by atoms with Crippen molar-refractivity contribution in [3.63, 3.8) is 0 Å². The second-order valence-corrected chi connectivity index (χ2v) is 6.49.